The van der Waals surface area contributed by atoms with Crippen LogP contribution in [-0.2, 0) is 11.2 Å². The predicted octanol–water partition coefficient (Wildman–Crippen LogP) is 3.32. The molecule has 21 heavy (non-hydrogen) atoms. The van der Waals surface area contributed by atoms with Gasteiger partial charge >= 0.3 is 0 Å². The van der Waals surface area contributed by atoms with Crippen LogP contribution in [0.3, 0.4) is 0 Å². The third kappa shape index (κ3) is 2.63. The van der Waals surface area contributed by atoms with Gasteiger partial charge in [0.2, 0.25) is 0 Å². The molecule has 0 amide bonds. The van der Waals surface area contributed by atoms with Crippen molar-refractivity contribution in [1.82, 2.24) is 9.97 Å². The molecule has 3 rings (SSSR count). The van der Waals surface area contributed by atoms with E-state index in [-0.39, 0.29) is 12.0 Å². The van der Waals surface area contributed by atoms with Crippen molar-refractivity contribution in [3.05, 3.63) is 59.8 Å². The maximum Gasteiger partial charge on any atom is 0.126 e. The molecule has 0 fully saturated rings. The van der Waals surface area contributed by atoms with E-state index >= 15 is 0 Å². The Hall–Kier alpha value is -2.69. The summed E-state index contributed by atoms with van der Waals surface area (Å²) in [6.07, 6.45) is 0.725. The minimum Gasteiger partial charge on any atom is -0.303 e. The van der Waals surface area contributed by atoms with Gasteiger partial charge in [0, 0.05) is 18.1 Å². The van der Waals surface area contributed by atoms with E-state index in [4.69, 9.17) is 0 Å². The molecule has 0 aliphatic rings. The molecule has 0 N–H and O–H groups in total. The fraction of sp³-hybridized carbons (Fsp3) is 0.0625. The molecule has 5 heteroatoms. The van der Waals surface area contributed by atoms with Crippen molar-refractivity contribution >= 4 is 17.3 Å². The Morgan fingerprint density at radius 1 is 0.952 bits per heavy atom. The number of fused-ring (bicyclic) bond motifs is 1. The number of carbonyl (C=O) groups is 1. The maximum absolute atomic E-state index is 13.4. The van der Waals surface area contributed by atoms with Crippen LogP contribution < -0.4 is 0 Å². The van der Waals surface area contributed by atoms with Crippen LogP contribution in [0.25, 0.3) is 22.3 Å². The van der Waals surface area contributed by atoms with E-state index in [2.05, 4.69) is 9.97 Å². The Balaban J connectivity index is 2.28. The van der Waals surface area contributed by atoms with Crippen molar-refractivity contribution in [3.63, 3.8) is 0 Å². The Kier molecular flexibility index (Phi) is 3.39. The molecule has 0 unspecified atom stereocenters. The number of carbonyl (C=O) groups excluding carboxylic acids is 1. The highest BCUT2D eigenvalue weighted by molar-refractivity contribution is 5.79. The Bertz CT molecular complexity index is 813. The van der Waals surface area contributed by atoms with Crippen molar-refractivity contribution < 1.29 is 13.6 Å². The fourth-order valence-corrected chi connectivity index (χ4v) is 2.18. The van der Waals surface area contributed by atoms with Crippen molar-refractivity contribution in [2.24, 2.45) is 0 Å². The van der Waals surface area contributed by atoms with Gasteiger partial charge in [-0.25, -0.2) is 18.7 Å². The van der Waals surface area contributed by atoms with Crippen LogP contribution >= 0.6 is 0 Å². The number of nitrogens with zero attached hydrogens (tertiary/aromatic N) is 2. The van der Waals surface area contributed by atoms with Crippen LogP contribution in [0.1, 0.15) is 5.69 Å². The number of rotatable bonds is 3. The molecule has 0 saturated carbocycles. The highest BCUT2D eigenvalue weighted by Gasteiger charge is 2.12. The van der Waals surface area contributed by atoms with E-state index in [0.29, 0.717) is 28.7 Å². The first-order valence-electron chi connectivity index (χ1n) is 6.33. The minimum absolute atomic E-state index is 0.0330. The maximum atomic E-state index is 13.4. The van der Waals surface area contributed by atoms with Gasteiger partial charge in [0.15, 0.2) is 0 Å². The molecule has 0 spiro atoms. The van der Waals surface area contributed by atoms with E-state index in [1.54, 1.807) is 18.2 Å². The lowest BCUT2D eigenvalue weighted by molar-refractivity contribution is -0.107. The molecule has 3 aromatic rings. The average Bonchev–Trinajstić information content (AvgIpc) is 2.46. The Morgan fingerprint density at radius 3 is 2.19 bits per heavy atom. The van der Waals surface area contributed by atoms with Gasteiger partial charge in [-0.3, -0.25) is 0 Å². The van der Waals surface area contributed by atoms with Gasteiger partial charge in [-0.15, -0.1) is 0 Å². The lowest BCUT2D eigenvalue weighted by Gasteiger charge is -2.08. The number of aromatic nitrogens is 2. The van der Waals surface area contributed by atoms with E-state index < -0.39 is 11.6 Å². The zero-order valence-corrected chi connectivity index (χ0v) is 10.9. The smallest absolute Gasteiger partial charge is 0.126 e. The van der Waals surface area contributed by atoms with Gasteiger partial charge in [-0.2, -0.15) is 0 Å². The van der Waals surface area contributed by atoms with E-state index in [1.165, 1.54) is 12.1 Å². The number of aldehydes is 1. The molecular weight excluding hydrogens is 274 g/mol. The van der Waals surface area contributed by atoms with Crippen LogP contribution in [0.5, 0.6) is 0 Å². The van der Waals surface area contributed by atoms with Crippen molar-refractivity contribution in [2.45, 2.75) is 6.42 Å². The summed E-state index contributed by atoms with van der Waals surface area (Å²) in [5.74, 6) is -1.39. The molecule has 0 bridgehead atoms. The number of hydrogen-bond acceptors (Lipinski definition) is 3. The topological polar surface area (TPSA) is 42.9 Å². The van der Waals surface area contributed by atoms with E-state index in [0.717, 1.165) is 6.07 Å². The van der Waals surface area contributed by atoms with Crippen LogP contribution in [0.2, 0.25) is 0 Å². The molecule has 3 nitrogen and oxygen atoms in total. The Morgan fingerprint density at radius 2 is 1.57 bits per heavy atom. The SMILES string of the molecule is O=CCc1nc2ccccc2nc1-c1cc(F)cc(F)c1. The van der Waals surface area contributed by atoms with Gasteiger partial charge in [0.05, 0.1) is 22.4 Å². The summed E-state index contributed by atoms with van der Waals surface area (Å²) < 4.78 is 26.8. The lowest BCUT2D eigenvalue weighted by atomic mass is 10.1. The Labute approximate surface area is 119 Å². The molecule has 0 aliphatic carbocycles. The third-order valence-electron chi connectivity index (χ3n) is 3.06. The molecule has 0 atom stereocenters. The second-order valence-electron chi connectivity index (χ2n) is 4.54. The van der Waals surface area contributed by atoms with Gasteiger partial charge in [0.1, 0.15) is 17.9 Å². The molecule has 0 aliphatic heterocycles. The predicted molar refractivity (Wildman–Crippen MR) is 74.7 cm³/mol. The summed E-state index contributed by atoms with van der Waals surface area (Å²) in [7, 11) is 0. The molecule has 104 valence electrons. The molecule has 1 heterocycles. The zero-order valence-electron chi connectivity index (χ0n) is 10.9. The van der Waals surface area contributed by atoms with E-state index in [9.17, 15) is 13.6 Å². The second kappa shape index (κ2) is 5.36. The van der Waals surface area contributed by atoms with Crippen molar-refractivity contribution in [1.29, 1.82) is 0 Å². The quantitative estimate of drug-likeness (QED) is 0.693. The number of benzene rings is 2. The number of para-hydroxylation sites is 2. The largest absolute Gasteiger partial charge is 0.303 e. The highest BCUT2D eigenvalue weighted by atomic mass is 19.1. The van der Waals surface area contributed by atoms with Crippen LogP contribution in [0.4, 0.5) is 8.78 Å². The first kappa shape index (κ1) is 13.3. The van der Waals surface area contributed by atoms with Gasteiger partial charge in [-0.05, 0) is 24.3 Å². The first-order chi connectivity index (χ1) is 10.2. The molecular formula is C16H10F2N2O. The number of halogens is 2. The summed E-state index contributed by atoms with van der Waals surface area (Å²) in [6, 6.07) is 10.3. The number of hydrogen-bond donors (Lipinski definition) is 0. The molecule has 0 radical (unpaired) electrons. The van der Waals surface area contributed by atoms with Gasteiger partial charge in [-0.1, -0.05) is 12.1 Å². The lowest BCUT2D eigenvalue weighted by Crippen LogP contribution is -2.00. The van der Waals surface area contributed by atoms with E-state index in [1.807, 2.05) is 6.07 Å². The van der Waals surface area contributed by atoms with Crippen LogP contribution in [0.15, 0.2) is 42.5 Å². The second-order valence-corrected chi connectivity index (χ2v) is 4.54. The average molecular weight is 284 g/mol. The summed E-state index contributed by atoms with van der Waals surface area (Å²) in [5, 5.41) is 0. The van der Waals surface area contributed by atoms with Gasteiger partial charge < -0.3 is 4.79 Å². The fourth-order valence-electron chi connectivity index (χ4n) is 2.18. The standard InChI is InChI=1S/C16H10F2N2O/c17-11-7-10(8-12(18)9-11)16-15(5-6-21)19-13-3-1-2-4-14(13)20-16/h1-4,6-9H,5H2. The molecule has 1 aromatic heterocycles. The molecule has 0 saturated heterocycles. The van der Waals surface area contributed by atoms with Crippen molar-refractivity contribution in [2.75, 3.05) is 0 Å². The van der Waals surface area contributed by atoms with Crippen LogP contribution in [-0.4, -0.2) is 16.3 Å². The monoisotopic (exact) mass is 284 g/mol. The first-order valence-corrected chi connectivity index (χ1v) is 6.33. The third-order valence-corrected chi connectivity index (χ3v) is 3.06. The summed E-state index contributed by atoms with van der Waals surface area (Å²) >= 11 is 0. The summed E-state index contributed by atoms with van der Waals surface area (Å²) in [6.45, 7) is 0. The molecule has 2 aromatic carbocycles. The highest BCUT2D eigenvalue weighted by Crippen LogP contribution is 2.25. The van der Waals surface area contributed by atoms with Crippen molar-refractivity contribution in [3.8, 4) is 11.3 Å². The normalized spacial score (nSPS) is 10.8. The summed E-state index contributed by atoms with van der Waals surface area (Å²) in [4.78, 5) is 19.6. The zero-order chi connectivity index (χ0) is 14.8. The van der Waals surface area contributed by atoms with Gasteiger partial charge in [0.25, 0.3) is 0 Å². The van der Waals surface area contributed by atoms with Crippen LogP contribution in [0, 0.1) is 11.6 Å². The summed E-state index contributed by atoms with van der Waals surface area (Å²) in [5.41, 5.74) is 2.22. The minimum atomic E-state index is -0.697.